The van der Waals surface area contributed by atoms with Gasteiger partial charge in [-0.05, 0) is 38.8 Å². The molecule has 1 aromatic rings. The molecule has 0 saturated carbocycles. The standard InChI is InChI=1S/C17H24N2O5S/c1-17(2,3)24-16(22)18-11-5-12(9-23-8-11)19-6-10-4-13(15(20)21)25-14(10)7-19/h4,11-12H,5-9H2,1-3H3,(H,18,22)(H,20,21). The second kappa shape index (κ2) is 6.93. The zero-order chi connectivity index (χ0) is 18.2. The summed E-state index contributed by atoms with van der Waals surface area (Å²) in [5.41, 5.74) is 0.564. The Kier molecular flexibility index (Phi) is 5.04. The van der Waals surface area contributed by atoms with Crippen molar-refractivity contribution in [3.8, 4) is 0 Å². The lowest BCUT2D eigenvalue weighted by Crippen LogP contribution is -2.50. The van der Waals surface area contributed by atoms with E-state index in [1.54, 1.807) is 6.07 Å². The Labute approximate surface area is 150 Å². The van der Waals surface area contributed by atoms with Gasteiger partial charge in [0.05, 0.1) is 19.3 Å². The predicted octanol–water partition coefficient (Wildman–Crippen LogP) is 2.44. The number of ether oxygens (including phenoxy) is 2. The van der Waals surface area contributed by atoms with Gasteiger partial charge in [0, 0.05) is 24.0 Å². The fourth-order valence-electron chi connectivity index (χ4n) is 3.20. The van der Waals surface area contributed by atoms with E-state index in [1.165, 1.54) is 11.3 Å². The van der Waals surface area contributed by atoms with Gasteiger partial charge in [-0.3, -0.25) is 4.90 Å². The van der Waals surface area contributed by atoms with Crippen molar-refractivity contribution in [2.24, 2.45) is 0 Å². The van der Waals surface area contributed by atoms with Crippen LogP contribution in [-0.4, -0.2) is 53.0 Å². The van der Waals surface area contributed by atoms with Crippen LogP contribution in [-0.2, 0) is 22.6 Å². The SMILES string of the molecule is CC(C)(C)OC(=O)NC1COCC(N2Cc3cc(C(=O)O)sc3C2)C1. The molecular weight excluding hydrogens is 344 g/mol. The second-order valence-electron chi connectivity index (χ2n) is 7.54. The molecule has 2 aliphatic rings. The molecule has 0 spiro atoms. The van der Waals surface area contributed by atoms with Gasteiger partial charge in [0.2, 0.25) is 0 Å². The summed E-state index contributed by atoms with van der Waals surface area (Å²) in [6.45, 7) is 8.07. The lowest BCUT2D eigenvalue weighted by molar-refractivity contribution is -0.00771. The van der Waals surface area contributed by atoms with Crippen LogP contribution in [0.2, 0.25) is 0 Å². The highest BCUT2D eigenvalue weighted by atomic mass is 32.1. The number of carboxylic acids is 1. The van der Waals surface area contributed by atoms with E-state index in [-0.39, 0.29) is 12.1 Å². The molecule has 7 nitrogen and oxygen atoms in total. The number of aromatic carboxylic acids is 1. The number of carbonyl (C=O) groups is 2. The lowest BCUT2D eigenvalue weighted by atomic mass is 10.0. The van der Waals surface area contributed by atoms with E-state index in [2.05, 4.69) is 10.2 Å². The average Bonchev–Trinajstić information content (AvgIpc) is 3.03. The molecule has 2 aliphatic heterocycles. The molecule has 1 saturated heterocycles. The minimum Gasteiger partial charge on any atom is -0.477 e. The van der Waals surface area contributed by atoms with Crippen LogP contribution < -0.4 is 5.32 Å². The molecule has 1 aromatic heterocycles. The fraction of sp³-hybridized carbons (Fsp3) is 0.647. The topological polar surface area (TPSA) is 88.1 Å². The summed E-state index contributed by atoms with van der Waals surface area (Å²) < 4.78 is 11.0. The van der Waals surface area contributed by atoms with Crippen LogP contribution in [0.15, 0.2) is 6.07 Å². The number of hydrogen-bond donors (Lipinski definition) is 2. The van der Waals surface area contributed by atoms with Crippen molar-refractivity contribution in [2.45, 2.75) is 58.0 Å². The number of amides is 1. The van der Waals surface area contributed by atoms with Gasteiger partial charge in [-0.15, -0.1) is 11.3 Å². The molecule has 8 heteroatoms. The highest BCUT2D eigenvalue weighted by molar-refractivity contribution is 7.14. The Hall–Kier alpha value is -1.64. The van der Waals surface area contributed by atoms with Gasteiger partial charge < -0.3 is 19.9 Å². The van der Waals surface area contributed by atoms with Gasteiger partial charge in [0.15, 0.2) is 0 Å². The minimum atomic E-state index is -0.867. The van der Waals surface area contributed by atoms with Crippen LogP contribution >= 0.6 is 11.3 Å². The highest BCUT2D eigenvalue weighted by Crippen LogP contribution is 2.33. The molecule has 25 heavy (non-hydrogen) atoms. The Morgan fingerprint density at radius 2 is 2.12 bits per heavy atom. The molecule has 3 rings (SSSR count). The molecule has 2 N–H and O–H groups in total. The monoisotopic (exact) mass is 368 g/mol. The zero-order valence-corrected chi connectivity index (χ0v) is 15.5. The van der Waals surface area contributed by atoms with Crippen molar-refractivity contribution in [1.82, 2.24) is 10.2 Å². The van der Waals surface area contributed by atoms with Crippen molar-refractivity contribution in [1.29, 1.82) is 0 Å². The summed E-state index contributed by atoms with van der Waals surface area (Å²) >= 11 is 1.34. The summed E-state index contributed by atoms with van der Waals surface area (Å²) in [5, 5.41) is 12.0. The Morgan fingerprint density at radius 1 is 1.36 bits per heavy atom. The smallest absolute Gasteiger partial charge is 0.407 e. The fourth-order valence-corrected chi connectivity index (χ4v) is 4.24. The molecule has 0 aromatic carbocycles. The number of thiophene rings is 1. The summed E-state index contributed by atoms with van der Waals surface area (Å²) in [4.78, 5) is 26.8. The maximum Gasteiger partial charge on any atom is 0.407 e. The molecule has 1 amide bonds. The van der Waals surface area contributed by atoms with Gasteiger partial charge in [0.1, 0.15) is 10.5 Å². The van der Waals surface area contributed by atoms with Gasteiger partial charge in [-0.1, -0.05) is 0 Å². The predicted molar refractivity (Wildman–Crippen MR) is 92.9 cm³/mol. The number of fused-ring (bicyclic) bond motifs is 1. The number of nitrogens with one attached hydrogen (secondary N) is 1. The van der Waals surface area contributed by atoms with Gasteiger partial charge in [0.25, 0.3) is 0 Å². The molecule has 0 bridgehead atoms. The molecule has 3 heterocycles. The van der Waals surface area contributed by atoms with Crippen molar-refractivity contribution < 1.29 is 24.2 Å². The lowest BCUT2D eigenvalue weighted by Gasteiger charge is -2.35. The molecule has 2 unspecified atom stereocenters. The number of carboxylic acid groups (broad SMARTS) is 1. The van der Waals surface area contributed by atoms with Crippen LogP contribution in [0.1, 0.15) is 47.3 Å². The van der Waals surface area contributed by atoms with Gasteiger partial charge in [-0.25, -0.2) is 9.59 Å². The minimum absolute atomic E-state index is 0.0817. The first-order valence-corrected chi connectivity index (χ1v) is 9.19. The third-order valence-electron chi connectivity index (χ3n) is 4.25. The summed E-state index contributed by atoms with van der Waals surface area (Å²) in [7, 11) is 0. The molecule has 138 valence electrons. The van der Waals surface area contributed by atoms with Crippen LogP contribution in [0.25, 0.3) is 0 Å². The summed E-state index contributed by atoms with van der Waals surface area (Å²) in [6, 6.07) is 1.88. The van der Waals surface area contributed by atoms with Crippen LogP contribution in [0.4, 0.5) is 4.79 Å². The maximum absolute atomic E-state index is 11.9. The Morgan fingerprint density at radius 3 is 2.76 bits per heavy atom. The highest BCUT2D eigenvalue weighted by Gasteiger charge is 2.33. The molecular formula is C17H24N2O5S. The number of alkyl carbamates (subject to hydrolysis) is 1. The number of rotatable bonds is 3. The van der Waals surface area contributed by atoms with E-state index in [9.17, 15) is 9.59 Å². The van der Waals surface area contributed by atoms with Crippen LogP contribution in [0, 0.1) is 0 Å². The third kappa shape index (κ3) is 4.50. The van der Waals surface area contributed by atoms with E-state index < -0.39 is 17.7 Å². The normalized spacial score (nSPS) is 24.0. The Bertz CT molecular complexity index is 643. The van der Waals surface area contributed by atoms with Crippen LogP contribution in [0.3, 0.4) is 0 Å². The van der Waals surface area contributed by atoms with Gasteiger partial charge >= 0.3 is 12.1 Å². The molecule has 2 atom stereocenters. The zero-order valence-electron chi connectivity index (χ0n) is 14.7. The summed E-state index contributed by atoms with van der Waals surface area (Å²) in [6.07, 6.45) is 0.369. The number of carbonyl (C=O) groups excluding carboxylic acids is 1. The number of hydrogen-bond acceptors (Lipinski definition) is 6. The number of nitrogens with zero attached hydrogens (tertiary/aromatic N) is 1. The maximum atomic E-state index is 11.9. The van der Waals surface area contributed by atoms with E-state index >= 15 is 0 Å². The third-order valence-corrected chi connectivity index (χ3v) is 5.40. The largest absolute Gasteiger partial charge is 0.477 e. The molecule has 0 aliphatic carbocycles. The van der Waals surface area contributed by atoms with E-state index in [0.29, 0.717) is 18.1 Å². The Balaban J connectivity index is 1.55. The van der Waals surface area contributed by atoms with Crippen molar-refractivity contribution >= 4 is 23.4 Å². The first kappa shape index (κ1) is 18.2. The molecule has 1 fully saturated rings. The van der Waals surface area contributed by atoms with Crippen LogP contribution in [0.5, 0.6) is 0 Å². The van der Waals surface area contributed by atoms with E-state index in [0.717, 1.165) is 30.0 Å². The van der Waals surface area contributed by atoms with Crippen molar-refractivity contribution in [2.75, 3.05) is 13.2 Å². The second-order valence-corrected chi connectivity index (χ2v) is 8.68. The van der Waals surface area contributed by atoms with Crippen molar-refractivity contribution in [3.05, 3.63) is 21.4 Å². The first-order valence-electron chi connectivity index (χ1n) is 8.37. The molecule has 0 radical (unpaired) electrons. The first-order chi connectivity index (χ1) is 11.7. The van der Waals surface area contributed by atoms with E-state index in [1.807, 2.05) is 20.8 Å². The van der Waals surface area contributed by atoms with Crippen molar-refractivity contribution in [3.63, 3.8) is 0 Å². The van der Waals surface area contributed by atoms with Gasteiger partial charge in [-0.2, -0.15) is 0 Å². The summed E-state index contributed by atoms with van der Waals surface area (Å²) in [5.74, 6) is -0.867. The quantitative estimate of drug-likeness (QED) is 0.852. The average molecular weight is 368 g/mol. The van der Waals surface area contributed by atoms with E-state index in [4.69, 9.17) is 14.6 Å².